The molecule has 88 valence electrons. The Labute approximate surface area is 95.7 Å². The fourth-order valence-electron chi connectivity index (χ4n) is 2.13. The molecule has 1 aromatic heterocycles. The second-order valence-electron chi connectivity index (χ2n) is 4.21. The Morgan fingerprint density at radius 1 is 1.56 bits per heavy atom. The van der Waals surface area contributed by atoms with Crippen molar-refractivity contribution in [1.29, 1.82) is 0 Å². The number of aromatic nitrogens is 1. The van der Waals surface area contributed by atoms with E-state index in [1.54, 1.807) is 19.5 Å². The molecule has 4 nitrogen and oxygen atoms in total. The predicted octanol–water partition coefficient (Wildman–Crippen LogP) is 1.12. The Kier molecular flexibility index (Phi) is 3.74. The molecule has 0 aliphatic carbocycles. The zero-order valence-corrected chi connectivity index (χ0v) is 9.52. The van der Waals surface area contributed by atoms with Crippen molar-refractivity contribution in [3.63, 3.8) is 0 Å². The van der Waals surface area contributed by atoms with Gasteiger partial charge in [0.1, 0.15) is 5.75 Å². The van der Waals surface area contributed by atoms with Crippen LogP contribution >= 0.6 is 0 Å². The average molecular weight is 222 g/mol. The van der Waals surface area contributed by atoms with E-state index in [1.165, 1.54) is 0 Å². The SMILES string of the molecule is COc1cncc(C(O)C2CCCNC2)c1. The predicted molar refractivity (Wildman–Crippen MR) is 61.3 cm³/mol. The molecule has 2 atom stereocenters. The minimum absolute atomic E-state index is 0.280. The summed E-state index contributed by atoms with van der Waals surface area (Å²) in [5.41, 5.74) is 0.841. The van der Waals surface area contributed by atoms with E-state index >= 15 is 0 Å². The molecule has 4 heteroatoms. The van der Waals surface area contributed by atoms with Crippen molar-refractivity contribution in [3.05, 3.63) is 24.0 Å². The van der Waals surface area contributed by atoms with E-state index in [4.69, 9.17) is 4.74 Å². The van der Waals surface area contributed by atoms with Gasteiger partial charge in [0.15, 0.2) is 0 Å². The van der Waals surface area contributed by atoms with Gasteiger partial charge in [0.25, 0.3) is 0 Å². The van der Waals surface area contributed by atoms with Crippen LogP contribution in [0, 0.1) is 5.92 Å². The van der Waals surface area contributed by atoms with E-state index in [2.05, 4.69) is 10.3 Å². The molecule has 1 saturated heterocycles. The largest absolute Gasteiger partial charge is 0.495 e. The maximum absolute atomic E-state index is 10.2. The maximum atomic E-state index is 10.2. The van der Waals surface area contributed by atoms with Crippen LogP contribution in [0.4, 0.5) is 0 Å². The summed E-state index contributed by atoms with van der Waals surface area (Å²) in [5, 5.41) is 13.5. The number of hydrogen-bond donors (Lipinski definition) is 2. The third-order valence-electron chi connectivity index (χ3n) is 3.09. The fraction of sp³-hybridized carbons (Fsp3) is 0.583. The molecule has 0 spiro atoms. The maximum Gasteiger partial charge on any atom is 0.137 e. The Morgan fingerprint density at radius 2 is 2.44 bits per heavy atom. The average Bonchev–Trinajstić information content (AvgIpc) is 2.39. The zero-order valence-electron chi connectivity index (χ0n) is 9.52. The van der Waals surface area contributed by atoms with Crippen LogP contribution in [0.3, 0.4) is 0 Å². The highest BCUT2D eigenvalue weighted by Crippen LogP contribution is 2.28. The van der Waals surface area contributed by atoms with E-state index in [0.717, 1.165) is 31.5 Å². The molecule has 1 aromatic rings. The molecule has 16 heavy (non-hydrogen) atoms. The molecular formula is C12H18N2O2. The summed E-state index contributed by atoms with van der Waals surface area (Å²) < 4.78 is 5.10. The molecule has 0 aromatic carbocycles. The van der Waals surface area contributed by atoms with Crippen LogP contribution in [0.5, 0.6) is 5.75 Å². The molecule has 1 fully saturated rings. The van der Waals surface area contributed by atoms with E-state index in [-0.39, 0.29) is 5.92 Å². The van der Waals surface area contributed by atoms with Crippen LogP contribution in [0.25, 0.3) is 0 Å². The lowest BCUT2D eigenvalue weighted by Gasteiger charge is -2.27. The third-order valence-corrected chi connectivity index (χ3v) is 3.09. The van der Waals surface area contributed by atoms with Gasteiger partial charge in [-0.3, -0.25) is 4.98 Å². The number of rotatable bonds is 3. The number of piperidine rings is 1. The number of aliphatic hydroxyl groups excluding tert-OH is 1. The van der Waals surface area contributed by atoms with Gasteiger partial charge < -0.3 is 15.2 Å². The molecule has 1 aliphatic heterocycles. The second kappa shape index (κ2) is 5.27. The van der Waals surface area contributed by atoms with E-state index < -0.39 is 6.10 Å². The summed E-state index contributed by atoms with van der Waals surface area (Å²) in [4.78, 5) is 4.07. The van der Waals surface area contributed by atoms with Crippen molar-refractivity contribution in [2.24, 2.45) is 5.92 Å². The van der Waals surface area contributed by atoms with Gasteiger partial charge in [-0.05, 0) is 25.5 Å². The lowest BCUT2D eigenvalue weighted by molar-refractivity contribution is 0.0916. The number of aliphatic hydroxyl groups is 1. The fourth-order valence-corrected chi connectivity index (χ4v) is 2.13. The molecule has 0 radical (unpaired) electrons. The summed E-state index contributed by atoms with van der Waals surface area (Å²) in [6.07, 6.45) is 5.09. The first-order valence-corrected chi connectivity index (χ1v) is 5.69. The molecule has 1 aliphatic rings. The van der Waals surface area contributed by atoms with E-state index in [1.807, 2.05) is 6.07 Å². The standard InChI is InChI=1S/C12H18N2O2/c1-16-11-5-10(7-14-8-11)12(15)9-3-2-4-13-6-9/h5,7-9,12-13,15H,2-4,6H2,1H3. The van der Waals surface area contributed by atoms with Crippen molar-refractivity contribution in [3.8, 4) is 5.75 Å². The first kappa shape index (κ1) is 11.4. The smallest absolute Gasteiger partial charge is 0.137 e. The molecule has 2 heterocycles. The Bertz CT molecular complexity index is 338. The van der Waals surface area contributed by atoms with Gasteiger partial charge in [-0.1, -0.05) is 0 Å². The van der Waals surface area contributed by atoms with Crippen LogP contribution < -0.4 is 10.1 Å². The molecular weight excluding hydrogens is 204 g/mol. The van der Waals surface area contributed by atoms with Crippen molar-refractivity contribution in [2.45, 2.75) is 18.9 Å². The van der Waals surface area contributed by atoms with Crippen molar-refractivity contribution in [2.75, 3.05) is 20.2 Å². The summed E-state index contributed by atoms with van der Waals surface area (Å²) in [7, 11) is 1.61. The second-order valence-corrected chi connectivity index (χ2v) is 4.21. The van der Waals surface area contributed by atoms with Gasteiger partial charge >= 0.3 is 0 Å². The van der Waals surface area contributed by atoms with Gasteiger partial charge in [-0.25, -0.2) is 0 Å². The van der Waals surface area contributed by atoms with Gasteiger partial charge in [0.05, 0.1) is 19.4 Å². The van der Waals surface area contributed by atoms with E-state index in [9.17, 15) is 5.11 Å². The highest BCUT2D eigenvalue weighted by Gasteiger charge is 2.23. The number of pyridine rings is 1. The minimum atomic E-state index is -0.449. The first-order valence-electron chi connectivity index (χ1n) is 5.69. The molecule has 2 rings (SSSR count). The molecule has 2 N–H and O–H groups in total. The molecule has 2 unspecified atom stereocenters. The Hall–Kier alpha value is -1.13. The lowest BCUT2D eigenvalue weighted by Crippen LogP contribution is -2.33. The van der Waals surface area contributed by atoms with Gasteiger partial charge in [0, 0.05) is 24.2 Å². The van der Waals surface area contributed by atoms with Gasteiger partial charge in [0.2, 0.25) is 0 Å². The number of ether oxygens (including phenoxy) is 1. The first-order chi connectivity index (χ1) is 7.81. The monoisotopic (exact) mass is 222 g/mol. The van der Waals surface area contributed by atoms with Gasteiger partial charge in [-0.15, -0.1) is 0 Å². The zero-order chi connectivity index (χ0) is 11.4. The topological polar surface area (TPSA) is 54.4 Å². The third kappa shape index (κ3) is 2.51. The van der Waals surface area contributed by atoms with Crippen LogP contribution in [-0.2, 0) is 0 Å². The number of hydrogen-bond acceptors (Lipinski definition) is 4. The van der Waals surface area contributed by atoms with E-state index in [0.29, 0.717) is 5.75 Å². The Balaban J connectivity index is 2.09. The molecule has 0 saturated carbocycles. The number of nitrogens with one attached hydrogen (secondary N) is 1. The van der Waals surface area contributed by atoms with Crippen LogP contribution in [0.15, 0.2) is 18.5 Å². The number of methoxy groups -OCH3 is 1. The van der Waals surface area contributed by atoms with Crippen LogP contribution in [0.2, 0.25) is 0 Å². The minimum Gasteiger partial charge on any atom is -0.495 e. The summed E-state index contributed by atoms with van der Waals surface area (Å²) in [6.45, 7) is 1.93. The van der Waals surface area contributed by atoms with Crippen LogP contribution in [-0.4, -0.2) is 30.3 Å². The molecule has 0 amide bonds. The van der Waals surface area contributed by atoms with Crippen molar-refractivity contribution in [1.82, 2.24) is 10.3 Å². The van der Waals surface area contributed by atoms with Crippen molar-refractivity contribution < 1.29 is 9.84 Å². The summed E-state index contributed by atoms with van der Waals surface area (Å²) >= 11 is 0. The summed E-state index contributed by atoms with van der Waals surface area (Å²) in [6, 6.07) is 1.85. The summed E-state index contributed by atoms with van der Waals surface area (Å²) in [5.74, 6) is 0.975. The number of nitrogens with zero attached hydrogens (tertiary/aromatic N) is 1. The lowest BCUT2D eigenvalue weighted by atomic mass is 9.90. The highest BCUT2D eigenvalue weighted by atomic mass is 16.5. The van der Waals surface area contributed by atoms with Crippen molar-refractivity contribution >= 4 is 0 Å². The van der Waals surface area contributed by atoms with Crippen LogP contribution in [0.1, 0.15) is 24.5 Å². The van der Waals surface area contributed by atoms with Gasteiger partial charge in [-0.2, -0.15) is 0 Å². The molecule has 0 bridgehead atoms. The Morgan fingerprint density at radius 3 is 3.12 bits per heavy atom. The normalized spacial score (nSPS) is 22.8. The quantitative estimate of drug-likeness (QED) is 0.804. The highest BCUT2D eigenvalue weighted by molar-refractivity contribution is 5.25.